The molecule has 2 aliphatic heterocycles. The number of thiazole rings is 1. The van der Waals surface area contributed by atoms with Crippen LogP contribution in [0.5, 0.6) is 0 Å². The summed E-state index contributed by atoms with van der Waals surface area (Å²) < 4.78 is 0. The van der Waals surface area contributed by atoms with Crippen molar-refractivity contribution in [3.63, 3.8) is 0 Å². The molecule has 1 aromatic heterocycles. The molecule has 5 nitrogen and oxygen atoms in total. The number of aromatic nitrogens is 1. The summed E-state index contributed by atoms with van der Waals surface area (Å²) in [7, 11) is 0. The van der Waals surface area contributed by atoms with Crippen molar-refractivity contribution in [2.75, 3.05) is 26.2 Å². The molecule has 0 bridgehead atoms. The molecule has 3 heterocycles. The predicted octanol–water partition coefficient (Wildman–Crippen LogP) is 2.62. The van der Waals surface area contributed by atoms with Gasteiger partial charge in [0.25, 0.3) is 5.91 Å². The van der Waals surface area contributed by atoms with Crippen molar-refractivity contribution in [1.82, 2.24) is 14.8 Å². The monoisotopic (exact) mass is 355 g/mol. The highest BCUT2D eigenvalue weighted by atomic mass is 32.1. The lowest BCUT2D eigenvalue weighted by Gasteiger charge is -2.28. The van der Waals surface area contributed by atoms with Gasteiger partial charge in [-0.05, 0) is 18.9 Å². The largest absolute Gasteiger partial charge is 0.342 e. The van der Waals surface area contributed by atoms with E-state index in [1.165, 1.54) is 11.3 Å². The van der Waals surface area contributed by atoms with Crippen LogP contribution in [0.1, 0.15) is 35.3 Å². The highest BCUT2D eigenvalue weighted by Crippen LogP contribution is 2.50. The highest BCUT2D eigenvalue weighted by Gasteiger charge is 2.57. The molecule has 0 N–H and O–H groups in total. The fourth-order valence-corrected chi connectivity index (χ4v) is 4.81. The number of rotatable bonds is 3. The maximum absolute atomic E-state index is 13.2. The predicted molar refractivity (Wildman–Crippen MR) is 96.5 cm³/mol. The van der Waals surface area contributed by atoms with Gasteiger partial charge in [0, 0.05) is 37.5 Å². The average molecular weight is 355 g/mol. The second-order valence-electron chi connectivity index (χ2n) is 6.81. The zero-order chi connectivity index (χ0) is 17.4. The van der Waals surface area contributed by atoms with E-state index in [2.05, 4.69) is 17.1 Å². The minimum absolute atomic E-state index is 0.0420. The highest BCUT2D eigenvalue weighted by molar-refractivity contribution is 7.07. The van der Waals surface area contributed by atoms with Gasteiger partial charge < -0.3 is 9.80 Å². The third-order valence-corrected chi connectivity index (χ3v) is 6.19. The third-order valence-electron chi connectivity index (χ3n) is 5.61. The van der Waals surface area contributed by atoms with Gasteiger partial charge >= 0.3 is 0 Å². The van der Waals surface area contributed by atoms with Crippen molar-refractivity contribution in [2.45, 2.75) is 19.3 Å². The maximum atomic E-state index is 13.2. The summed E-state index contributed by atoms with van der Waals surface area (Å²) in [5.41, 5.74) is 2.80. The first-order chi connectivity index (χ1) is 12.2. The Kier molecular flexibility index (Phi) is 4.07. The number of nitrogens with zero attached hydrogens (tertiary/aromatic N) is 3. The van der Waals surface area contributed by atoms with Crippen LogP contribution >= 0.6 is 11.3 Å². The van der Waals surface area contributed by atoms with Gasteiger partial charge in [-0.1, -0.05) is 30.3 Å². The Morgan fingerprint density at radius 3 is 2.80 bits per heavy atom. The van der Waals surface area contributed by atoms with Crippen molar-refractivity contribution in [2.24, 2.45) is 5.41 Å². The third kappa shape index (κ3) is 2.56. The van der Waals surface area contributed by atoms with E-state index in [0.717, 1.165) is 25.1 Å². The number of hydrogen-bond acceptors (Lipinski definition) is 4. The molecule has 1 aromatic carbocycles. The van der Waals surface area contributed by atoms with E-state index >= 15 is 0 Å². The molecule has 2 saturated heterocycles. The first-order valence-electron chi connectivity index (χ1n) is 8.67. The number of hydrogen-bond donors (Lipinski definition) is 0. The summed E-state index contributed by atoms with van der Waals surface area (Å²) in [5, 5.41) is 1.78. The Morgan fingerprint density at radius 1 is 1.36 bits per heavy atom. The molecule has 2 aromatic rings. The van der Waals surface area contributed by atoms with Crippen LogP contribution in [0.3, 0.4) is 0 Å². The van der Waals surface area contributed by atoms with Crippen LogP contribution in [-0.4, -0.2) is 52.8 Å². The van der Waals surface area contributed by atoms with Gasteiger partial charge in [-0.25, -0.2) is 4.98 Å². The topological polar surface area (TPSA) is 53.5 Å². The maximum Gasteiger partial charge on any atom is 0.273 e. The molecule has 25 heavy (non-hydrogen) atoms. The number of carbonyl (C=O) groups excluding carboxylic acids is 2. The molecule has 0 unspecified atom stereocenters. The van der Waals surface area contributed by atoms with Crippen molar-refractivity contribution in [3.05, 3.63) is 52.5 Å². The summed E-state index contributed by atoms with van der Waals surface area (Å²) >= 11 is 1.42. The zero-order valence-corrected chi connectivity index (χ0v) is 15.0. The second kappa shape index (κ2) is 6.26. The summed E-state index contributed by atoms with van der Waals surface area (Å²) in [6.07, 6.45) is 0.806. The minimum atomic E-state index is -0.497. The van der Waals surface area contributed by atoms with Crippen LogP contribution in [0.15, 0.2) is 41.2 Å². The Morgan fingerprint density at radius 2 is 2.16 bits per heavy atom. The smallest absolute Gasteiger partial charge is 0.273 e. The van der Waals surface area contributed by atoms with Gasteiger partial charge in [0.05, 0.1) is 10.9 Å². The second-order valence-corrected chi connectivity index (χ2v) is 7.53. The van der Waals surface area contributed by atoms with Gasteiger partial charge in [0.2, 0.25) is 5.91 Å². The van der Waals surface area contributed by atoms with Crippen LogP contribution in [0.25, 0.3) is 0 Å². The summed E-state index contributed by atoms with van der Waals surface area (Å²) in [6.45, 7) is 4.57. The molecular formula is C19H21N3O2S. The summed E-state index contributed by atoms with van der Waals surface area (Å²) in [4.78, 5) is 33.9. The number of benzene rings is 1. The molecule has 0 aliphatic carbocycles. The summed E-state index contributed by atoms with van der Waals surface area (Å²) in [6, 6.07) is 10.1. The normalized spacial score (nSPS) is 26.0. The van der Waals surface area contributed by atoms with Crippen molar-refractivity contribution in [1.29, 1.82) is 0 Å². The van der Waals surface area contributed by atoms with E-state index in [-0.39, 0.29) is 17.7 Å². The lowest BCUT2D eigenvalue weighted by Crippen LogP contribution is -2.40. The summed E-state index contributed by atoms with van der Waals surface area (Å²) in [5.74, 6) is 0.166. The average Bonchev–Trinajstić information content (AvgIpc) is 3.37. The molecule has 2 amide bonds. The van der Waals surface area contributed by atoms with E-state index in [1.807, 2.05) is 34.9 Å². The van der Waals surface area contributed by atoms with Gasteiger partial charge in [0.15, 0.2) is 0 Å². The molecule has 2 aliphatic rings. The molecule has 6 heteroatoms. The standard InChI is InChI=1S/C19H21N3O2S/c1-2-21-9-8-19(18(21)24)12-22(17(23)16-11-25-13-20-16)10-15(19)14-6-4-3-5-7-14/h3-7,11,13,15H,2,8-10,12H2,1H3/t15-,19+/m1/s1. The molecule has 2 fully saturated rings. The van der Waals surface area contributed by atoms with E-state index < -0.39 is 5.41 Å². The molecule has 130 valence electrons. The van der Waals surface area contributed by atoms with Crippen molar-refractivity contribution < 1.29 is 9.59 Å². The molecule has 4 rings (SSSR count). The lowest BCUT2D eigenvalue weighted by molar-refractivity contribution is -0.135. The van der Waals surface area contributed by atoms with E-state index in [0.29, 0.717) is 18.8 Å². The number of likely N-dealkylation sites (tertiary alicyclic amines) is 2. The van der Waals surface area contributed by atoms with Gasteiger partial charge in [-0.15, -0.1) is 11.3 Å². The molecule has 0 radical (unpaired) electrons. The molecular weight excluding hydrogens is 334 g/mol. The minimum Gasteiger partial charge on any atom is -0.342 e. The number of amides is 2. The van der Waals surface area contributed by atoms with Gasteiger partial charge in [0.1, 0.15) is 5.69 Å². The lowest BCUT2D eigenvalue weighted by atomic mass is 9.73. The number of carbonyl (C=O) groups is 2. The fourth-order valence-electron chi connectivity index (χ4n) is 4.28. The van der Waals surface area contributed by atoms with E-state index in [4.69, 9.17) is 0 Å². The van der Waals surface area contributed by atoms with Crippen LogP contribution in [0.4, 0.5) is 0 Å². The molecule has 1 spiro atoms. The van der Waals surface area contributed by atoms with Crippen molar-refractivity contribution >= 4 is 23.2 Å². The van der Waals surface area contributed by atoms with Crippen LogP contribution in [0.2, 0.25) is 0 Å². The zero-order valence-electron chi connectivity index (χ0n) is 14.2. The Balaban J connectivity index is 1.70. The SMILES string of the molecule is CCN1CC[C@@]2(CN(C(=O)c3cscn3)C[C@@H]2c2ccccc2)C1=O. The van der Waals surface area contributed by atoms with Gasteiger partial charge in [-0.2, -0.15) is 0 Å². The fraction of sp³-hybridized carbons (Fsp3) is 0.421. The molecule has 2 atom stereocenters. The Labute approximate surface area is 151 Å². The molecule has 0 saturated carbocycles. The van der Waals surface area contributed by atoms with Crippen LogP contribution < -0.4 is 0 Å². The first kappa shape index (κ1) is 16.3. The van der Waals surface area contributed by atoms with E-state index in [1.54, 1.807) is 10.9 Å². The van der Waals surface area contributed by atoms with Crippen LogP contribution in [-0.2, 0) is 4.79 Å². The van der Waals surface area contributed by atoms with E-state index in [9.17, 15) is 9.59 Å². The first-order valence-corrected chi connectivity index (χ1v) is 9.62. The van der Waals surface area contributed by atoms with Crippen LogP contribution in [0, 0.1) is 5.41 Å². The quantitative estimate of drug-likeness (QED) is 0.850. The Bertz CT molecular complexity index is 777. The van der Waals surface area contributed by atoms with Gasteiger partial charge in [-0.3, -0.25) is 9.59 Å². The Hall–Kier alpha value is -2.21. The van der Waals surface area contributed by atoms with Crippen molar-refractivity contribution in [3.8, 4) is 0 Å².